The Morgan fingerprint density at radius 1 is 0.368 bits per heavy atom. The molecule has 68 heavy (non-hydrogen) atoms. The molecule has 12 nitrogen and oxygen atoms in total. The minimum absolute atomic E-state index is 0.0742. The second kappa shape index (κ2) is 25.8. The number of hydrogen-bond donors (Lipinski definition) is 0. The summed E-state index contributed by atoms with van der Waals surface area (Å²) in [4.78, 5) is 64.3. The number of unbranched alkanes of at least 4 members (excludes halogenated alkanes) is 7. The molecule has 0 N–H and O–H groups in total. The third-order valence-electron chi connectivity index (χ3n) is 10.6. The molecule has 12 heteroatoms. The predicted molar refractivity (Wildman–Crippen MR) is 257 cm³/mol. The maximum Gasteiger partial charge on any atom is 0.343 e. The molecule has 0 aliphatic rings. The third-order valence-corrected chi connectivity index (χ3v) is 10.6. The van der Waals surface area contributed by atoms with Crippen LogP contribution in [0.2, 0.25) is 0 Å². The molecule has 0 bridgehead atoms. The number of carbonyl (C=O) groups excluding carboxylic acids is 5. The second-order valence-electron chi connectivity index (χ2n) is 16.1. The van der Waals surface area contributed by atoms with E-state index in [4.69, 9.17) is 33.2 Å². The van der Waals surface area contributed by atoms with E-state index in [2.05, 4.69) is 13.8 Å². The largest absolute Gasteiger partial charge is 0.494 e. The van der Waals surface area contributed by atoms with E-state index < -0.39 is 29.8 Å². The quantitative estimate of drug-likeness (QED) is 0.0323. The van der Waals surface area contributed by atoms with Crippen LogP contribution in [0, 0.1) is 0 Å². The molecule has 6 aromatic carbocycles. The Balaban J connectivity index is 0.920. The van der Waals surface area contributed by atoms with Crippen LogP contribution in [0.3, 0.4) is 0 Å². The number of esters is 5. The fourth-order valence-electron chi connectivity index (χ4n) is 6.81. The summed E-state index contributed by atoms with van der Waals surface area (Å²) in [6, 6.07) is 37.2. The minimum atomic E-state index is -0.703. The van der Waals surface area contributed by atoms with E-state index >= 15 is 0 Å². The lowest BCUT2D eigenvalue weighted by Crippen LogP contribution is -2.12. The first kappa shape index (κ1) is 49.7. The van der Waals surface area contributed by atoms with E-state index in [0.717, 1.165) is 25.7 Å². The normalized spacial score (nSPS) is 11.2. The summed E-state index contributed by atoms with van der Waals surface area (Å²) >= 11 is 0. The third kappa shape index (κ3) is 15.7. The van der Waals surface area contributed by atoms with Crippen molar-refractivity contribution >= 4 is 29.8 Å². The molecule has 0 saturated heterocycles. The number of benzene rings is 6. The van der Waals surface area contributed by atoms with Crippen molar-refractivity contribution in [2.24, 2.45) is 0 Å². The van der Waals surface area contributed by atoms with Crippen molar-refractivity contribution < 1.29 is 57.1 Å². The van der Waals surface area contributed by atoms with E-state index in [1.165, 1.54) is 130 Å². The summed E-state index contributed by atoms with van der Waals surface area (Å²) in [5.41, 5.74) is 1.29. The van der Waals surface area contributed by atoms with Gasteiger partial charge in [-0.05, 0) is 160 Å². The van der Waals surface area contributed by atoms with Crippen molar-refractivity contribution in [3.05, 3.63) is 173 Å². The van der Waals surface area contributed by atoms with Crippen LogP contribution in [0.25, 0.3) is 0 Å². The van der Waals surface area contributed by atoms with Crippen LogP contribution in [0.5, 0.6) is 40.2 Å². The van der Waals surface area contributed by atoms with Gasteiger partial charge in [-0.1, -0.05) is 64.9 Å². The summed E-state index contributed by atoms with van der Waals surface area (Å²) in [7, 11) is 0. The van der Waals surface area contributed by atoms with Gasteiger partial charge in [0.15, 0.2) is 0 Å². The lowest BCUT2D eigenvalue weighted by Gasteiger charge is -2.14. The molecular formula is C56H56O12. The highest BCUT2D eigenvalue weighted by molar-refractivity contribution is 5.95. The first-order valence-corrected chi connectivity index (χ1v) is 23.1. The monoisotopic (exact) mass is 920 g/mol. The molecule has 352 valence electrons. The Bertz CT molecular complexity index is 2570. The molecule has 6 rings (SSSR count). The number of hydrogen-bond acceptors (Lipinski definition) is 12. The van der Waals surface area contributed by atoms with Crippen molar-refractivity contribution in [2.75, 3.05) is 6.61 Å². The van der Waals surface area contributed by atoms with Crippen LogP contribution in [-0.2, 0) is 0 Å². The molecule has 0 aliphatic carbocycles. The molecule has 0 spiro atoms. The standard InChI is InChI=1S/C56H56O12/c1-4-6-8-10-12-37-62-45-27-17-40(18-28-45)52(57)64-48-33-23-43(24-34-48)55(60)67-50-15-13-16-51(38-50)68-56(61)44-25-35-49(36-26-44)66-54(59)42-21-31-47(32-22-42)65-53(58)41-19-29-46(30-20-41)63-39(3)14-11-9-7-5-2/h13,15-36,38-39H,4-12,14,37H2,1-3H3/t39-/m1/s1. The molecule has 6 aromatic rings. The van der Waals surface area contributed by atoms with E-state index in [0.29, 0.717) is 29.2 Å². The molecule has 0 saturated carbocycles. The Labute approximate surface area is 397 Å². The zero-order valence-electron chi connectivity index (χ0n) is 38.6. The summed E-state index contributed by atoms with van der Waals surface area (Å²) in [6.07, 6.45) is 11.5. The molecule has 0 unspecified atom stereocenters. The highest BCUT2D eigenvalue weighted by Gasteiger charge is 2.17. The maximum atomic E-state index is 13.0. The molecular weight excluding hydrogens is 865 g/mol. The molecule has 0 heterocycles. The van der Waals surface area contributed by atoms with Gasteiger partial charge in [0.1, 0.15) is 40.2 Å². The molecule has 0 aromatic heterocycles. The maximum absolute atomic E-state index is 13.0. The van der Waals surface area contributed by atoms with Gasteiger partial charge in [0.2, 0.25) is 0 Å². The molecule has 0 amide bonds. The average Bonchev–Trinajstić information content (AvgIpc) is 3.35. The number of carbonyl (C=O) groups is 5. The lowest BCUT2D eigenvalue weighted by atomic mass is 10.1. The van der Waals surface area contributed by atoms with Crippen molar-refractivity contribution in [3.63, 3.8) is 0 Å². The predicted octanol–water partition coefficient (Wildman–Crippen LogP) is 12.9. The smallest absolute Gasteiger partial charge is 0.343 e. The highest BCUT2D eigenvalue weighted by Crippen LogP contribution is 2.25. The van der Waals surface area contributed by atoms with Gasteiger partial charge in [-0.15, -0.1) is 0 Å². The van der Waals surface area contributed by atoms with Gasteiger partial charge in [-0.2, -0.15) is 0 Å². The summed E-state index contributed by atoms with van der Waals surface area (Å²) in [5, 5.41) is 0. The summed E-state index contributed by atoms with van der Waals surface area (Å²) in [5.74, 6) is -0.870. The van der Waals surface area contributed by atoms with Crippen molar-refractivity contribution in [1.82, 2.24) is 0 Å². The van der Waals surface area contributed by atoms with Gasteiger partial charge in [0.05, 0.1) is 40.5 Å². The van der Waals surface area contributed by atoms with Gasteiger partial charge < -0.3 is 33.2 Å². The van der Waals surface area contributed by atoms with Crippen LogP contribution in [0.15, 0.2) is 146 Å². The van der Waals surface area contributed by atoms with Crippen LogP contribution < -0.4 is 33.2 Å². The van der Waals surface area contributed by atoms with Gasteiger partial charge in [0, 0.05) is 6.07 Å². The Kier molecular flexibility index (Phi) is 18.9. The first-order valence-electron chi connectivity index (χ1n) is 23.1. The zero-order valence-corrected chi connectivity index (χ0v) is 38.6. The van der Waals surface area contributed by atoms with E-state index in [9.17, 15) is 24.0 Å². The molecule has 0 radical (unpaired) electrons. The van der Waals surface area contributed by atoms with Gasteiger partial charge in [-0.25, -0.2) is 24.0 Å². The Morgan fingerprint density at radius 2 is 0.691 bits per heavy atom. The van der Waals surface area contributed by atoms with Crippen molar-refractivity contribution in [2.45, 2.75) is 91.1 Å². The zero-order chi connectivity index (χ0) is 48.1. The van der Waals surface area contributed by atoms with Gasteiger partial charge >= 0.3 is 29.8 Å². The number of ether oxygens (including phenoxy) is 7. The van der Waals surface area contributed by atoms with Crippen LogP contribution in [-0.4, -0.2) is 42.6 Å². The van der Waals surface area contributed by atoms with E-state index in [1.54, 1.807) is 54.6 Å². The SMILES string of the molecule is CCCCCCCOc1ccc(C(=O)Oc2ccc(C(=O)Oc3cccc(OC(=O)c4ccc(OC(=O)c5ccc(OC(=O)c6ccc(O[C@H](C)CCCCCC)cc6)cc5)cc4)c3)cc2)cc1. The Morgan fingerprint density at radius 3 is 1.07 bits per heavy atom. The molecule has 0 fully saturated rings. The van der Waals surface area contributed by atoms with Crippen LogP contribution in [0.1, 0.15) is 137 Å². The summed E-state index contributed by atoms with van der Waals surface area (Å²) < 4.78 is 39.2. The van der Waals surface area contributed by atoms with E-state index in [-0.39, 0.29) is 51.5 Å². The van der Waals surface area contributed by atoms with E-state index in [1.807, 2.05) is 6.92 Å². The summed E-state index contributed by atoms with van der Waals surface area (Å²) in [6.45, 7) is 7.02. The Hall–Kier alpha value is -7.73. The first-order chi connectivity index (χ1) is 33.1. The second-order valence-corrected chi connectivity index (χ2v) is 16.1. The fraction of sp³-hybridized carbons (Fsp3) is 0.268. The highest BCUT2D eigenvalue weighted by atomic mass is 16.6. The van der Waals surface area contributed by atoms with Crippen molar-refractivity contribution in [1.29, 1.82) is 0 Å². The van der Waals surface area contributed by atoms with Crippen LogP contribution >= 0.6 is 0 Å². The molecule has 0 aliphatic heterocycles. The topological polar surface area (TPSA) is 150 Å². The number of rotatable bonds is 24. The van der Waals surface area contributed by atoms with Gasteiger partial charge in [0.25, 0.3) is 0 Å². The van der Waals surface area contributed by atoms with Crippen LogP contribution in [0.4, 0.5) is 0 Å². The fourth-order valence-corrected chi connectivity index (χ4v) is 6.81. The van der Waals surface area contributed by atoms with Crippen molar-refractivity contribution in [3.8, 4) is 40.2 Å². The average molecular weight is 921 g/mol. The minimum Gasteiger partial charge on any atom is -0.494 e. The molecule has 1 atom stereocenters. The lowest BCUT2D eigenvalue weighted by molar-refractivity contribution is 0.0718. The van der Waals surface area contributed by atoms with Gasteiger partial charge in [-0.3, -0.25) is 0 Å².